The number of nitrogens with zero attached hydrogens (tertiary/aromatic N) is 4. The first kappa shape index (κ1) is 13.6. The van der Waals surface area contributed by atoms with Gasteiger partial charge in [0, 0.05) is 36.3 Å². The first-order valence-electron chi connectivity index (χ1n) is 7.26. The van der Waals surface area contributed by atoms with Gasteiger partial charge >= 0.3 is 0 Å². The number of piperidine rings is 1. The van der Waals surface area contributed by atoms with Crippen molar-refractivity contribution in [2.24, 2.45) is 0 Å². The minimum atomic E-state index is 0.538. The predicted octanol–water partition coefficient (Wildman–Crippen LogP) is 2.88. The van der Waals surface area contributed by atoms with Gasteiger partial charge in [-0.15, -0.1) is 11.3 Å². The molecule has 0 bridgehead atoms. The van der Waals surface area contributed by atoms with E-state index in [0.717, 1.165) is 19.5 Å². The molecule has 0 amide bonds. The van der Waals surface area contributed by atoms with Crippen molar-refractivity contribution >= 4 is 11.3 Å². The second-order valence-electron chi connectivity index (χ2n) is 5.29. The average Bonchev–Trinajstić information content (AvgIpc) is 2.96. The Hall–Kier alpha value is -1.33. The van der Waals surface area contributed by atoms with Crippen molar-refractivity contribution in [3.8, 4) is 0 Å². The van der Waals surface area contributed by atoms with E-state index in [4.69, 9.17) is 0 Å². The fraction of sp³-hybridized carbons (Fsp3) is 0.533. The number of aryl methyl sites for hydroxylation is 1. The molecule has 0 aliphatic carbocycles. The molecule has 20 heavy (non-hydrogen) atoms. The van der Waals surface area contributed by atoms with Crippen LogP contribution in [0.4, 0.5) is 0 Å². The van der Waals surface area contributed by atoms with Crippen LogP contribution < -0.4 is 0 Å². The molecule has 2 aromatic rings. The maximum Gasteiger partial charge on any atom is 0.115 e. The topological polar surface area (TPSA) is 41.9 Å². The molecule has 2 aromatic heterocycles. The summed E-state index contributed by atoms with van der Waals surface area (Å²) in [5.41, 5.74) is 2.40. The third-order valence-corrected chi connectivity index (χ3v) is 4.86. The Balaban J connectivity index is 1.63. The fourth-order valence-corrected chi connectivity index (χ4v) is 3.53. The molecule has 3 heterocycles. The van der Waals surface area contributed by atoms with E-state index in [1.54, 1.807) is 17.7 Å². The summed E-state index contributed by atoms with van der Waals surface area (Å²) in [7, 11) is 0. The lowest BCUT2D eigenvalue weighted by Gasteiger charge is -2.31. The lowest BCUT2D eigenvalue weighted by atomic mass is 9.94. The van der Waals surface area contributed by atoms with Gasteiger partial charge in [0.1, 0.15) is 6.33 Å². The van der Waals surface area contributed by atoms with E-state index in [1.165, 1.54) is 35.8 Å². The molecule has 0 saturated carbocycles. The van der Waals surface area contributed by atoms with E-state index in [-0.39, 0.29) is 0 Å². The summed E-state index contributed by atoms with van der Waals surface area (Å²) in [6, 6.07) is 2.05. The molecule has 3 rings (SSSR count). The normalized spacial score (nSPS) is 20.1. The molecule has 5 heteroatoms. The molecule has 4 nitrogen and oxygen atoms in total. The van der Waals surface area contributed by atoms with Gasteiger partial charge in [-0.2, -0.15) is 0 Å². The molecule has 0 radical (unpaired) electrons. The lowest BCUT2D eigenvalue weighted by molar-refractivity contribution is 0.196. The molecular formula is C15H20N4S. The zero-order valence-corrected chi connectivity index (χ0v) is 12.6. The van der Waals surface area contributed by atoms with Crippen molar-refractivity contribution in [1.82, 2.24) is 19.9 Å². The molecule has 1 atom stereocenters. The molecule has 0 N–H and O–H groups in total. The Morgan fingerprint density at radius 3 is 3.15 bits per heavy atom. The first-order valence-corrected chi connectivity index (χ1v) is 8.14. The van der Waals surface area contributed by atoms with Gasteiger partial charge in [-0.25, -0.2) is 15.0 Å². The number of likely N-dealkylation sites (tertiary alicyclic amines) is 1. The standard InChI is InChI=1S/C15H20N4S/c1-2-15-18-13(10-20-15)9-19-7-3-4-12(8-19)14-5-6-16-11-17-14/h5-6,10-12H,2-4,7-9H2,1H3/t12-/m0/s1. The highest BCUT2D eigenvalue weighted by molar-refractivity contribution is 7.09. The summed E-state index contributed by atoms with van der Waals surface area (Å²) in [6.07, 6.45) is 7.00. The second-order valence-corrected chi connectivity index (χ2v) is 6.24. The third-order valence-electron chi connectivity index (χ3n) is 3.82. The number of thiazole rings is 1. The maximum absolute atomic E-state index is 4.67. The smallest absolute Gasteiger partial charge is 0.115 e. The van der Waals surface area contributed by atoms with Crippen LogP contribution in [0.15, 0.2) is 24.0 Å². The van der Waals surface area contributed by atoms with E-state index in [2.05, 4.69) is 32.2 Å². The van der Waals surface area contributed by atoms with Crippen molar-refractivity contribution in [1.29, 1.82) is 0 Å². The Bertz CT molecular complexity index is 540. The molecular weight excluding hydrogens is 268 g/mol. The van der Waals surface area contributed by atoms with Crippen LogP contribution in [-0.2, 0) is 13.0 Å². The van der Waals surface area contributed by atoms with Gasteiger partial charge in [-0.3, -0.25) is 4.90 Å². The van der Waals surface area contributed by atoms with E-state index in [1.807, 2.05) is 12.3 Å². The van der Waals surface area contributed by atoms with Crippen molar-refractivity contribution in [3.05, 3.63) is 40.4 Å². The number of hydrogen-bond acceptors (Lipinski definition) is 5. The molecule has 1 aliphatic rings. The summed E-state index contributed by atoms with van der Waals surface area (Å²) < 4.78 is 0. The summed E-state index contributed by atoms with van der Waals surface area (Å²) in [5, 5.41) is 3.44. The highest BCUT2D eigenvalue weighted by Crippen LogP contribution is 2.26. The fourth-order valence-electron chi connectivity index (χ4n) is 2.80. The zero-order chi connectivity index (χ0) is 13.8. The van der Waals surface area contributed by atoms with Crippen molar-refractivity contribution in [3.63, 3.8) is 0 Å². The number of hydrogen-bond donors (Lipinski definition) is 0. The van der Waals surface area contributed by atoms with Gasteiger partial charge in [0.15, 0.2) is 0 Å². The largest absolute Gasteiger partial charge is 0.297 e. The van der Waals surface area contributed by atoms with Gasteiger partial charge in [-0.1, -0.05) is 6.92 Å². The Morgan fingerprint density at radius 2 is 2.40 bits per heavy atom. The summed E-state index contributed by atoms with van der Waals surface area (Å²) >= 11 is 1.78. The number of aromatic nitrogens is 3. The SMILES string of the molecule is CCc1nc(CN2CCC[C@H](c3ccncn3)C2)cs1. The first-order chi connectivity index (χ1) is 9.85. The molecule has 0 spiro atoms. The van der Waals surface area contributed by atoms with Crippen LogP contribution in [0, 0.1) is 0 Å². The van der Waals surface area contributed by atoms with Crippen LogP contribution >= 0.6 is 11.3 Å². The molecule has 0 aromatic carbocycles. The molecule has 0 unspecified atom stereocenters. The number of rotatable bonds is 4. The lowest BCUT2D eigenvalue weighted by Crippen LogP contribution is -2.34. The van der Waals surface area contributed by atoms with Gasteiger partial charge in [0.2, 0.25) is 0 Å². The van der Waals surface area contributed by atoms with Crippen molar-refractivity contribution in [2.75, 3.05) is 13.1 Å². The van der Waals surface area contributed by atoms with Crippen LogP contribution in [0.25, 0.3) is 0 Å². The van der Waals surface area contributed by atoms with E-state index < -0.39 is 0 Å². The van der Waals surface area contributed by atoms with E-state index in [0.29, 0.717) is 5.92 Å². The minimum absolute atomic E-state index is 0.538. The Kier molecular flexibility index (Phi) is 4.38. The summed E-state index contributed by atoms with van der Waals surface area (Å²) in [5.74, 6) is 0.538. The maximum atomic E-state index is 4.67. The second kappa shape index (κ2) is 6.41. The van der Waals surface area contributed by atoms with Crippen LogP contribution in [-0.4, -0.2) is 32.9 Å². The van der Waals surface area contributed by atoms with Crippen LogP contribution in [0.3, 0.4) is 0 Å². The molecule has 1 aliphatic heterocycles. The average molecular weight is 288 g/mol. The molecule has 106 valence electrons. The zero-order valence-electron chi connectivity index (χ0n) is 11.8. The Morgan fingerprint density at radius 1 is 1.45 bits per heavy atom. The molecule has 1 fully saturated rings. The monoisotopic (exact) mass is 288 g/mol. The van der Waals surface area contributed by atoms with E-state index >= 15 is 0 Å². The Labute approximate surface area is 123 Å². The van der Waals surface area contributed by atoms with Gasteiger partial charge < -0.3 is 0 Å². The highest BCUT2D eigenvalue weighted by Gasteiger charge is 2.22. The van der Waals surface area contributed by atoms with E-state index in [9.17, 15) is 0 Å². The summed E-state index contributed by atoms with van der Waals surface area (Å²) in [4.78, 5) is 15.6. The minimum Gasteiger partial charge on any atom is -0.297 e. The molecule has 1 saturated heterocycles. The van der Waals surface area contributed by atoms with Crippen molar-refractivity contribution < 1.29 is 0 Å². The van der Waals surface area contributed by atoms with Crippen LogP contribution in [0.1, 0.15) is 42.1 Å². The van der Waals surface area contributed by atoms with Crippen molar-refractivity contribution in [2.45, 2.75) is 38.6 Å². The van der Waals surface area contributed by atoms with Gasteiger partial charge in [0.25, 0.3) is 0 Å². The summed E-state index contributed by atoms with van der Waals surface area (Å²) in [6.45, 7) is 5.38. The van der Waals surface area contributed by atoms with Crippen LogP contribution in [0.2, 0.25) is 0 Å². The third kappa shape index (κ3) is 3.22. The predicted molar refractivity (Wildman–Crippen MR) is 80.8 cm³/mol. The van der Waals surface area contributed by atoms with Gasteiger partial charge in [-0.05, 0) is 31.9 Å². The quantitative estimate of drug-likeness (QED) is 0.867. The van der Waals surface area contributed by atoms with Crippen LogP contribution in [0.5, 0.6) is 0 Å². The highest BCUT2D eigenvalue weighted by atomic mass is 32.1. The van der Waals surface area contributed by atoms with Gasteiger partial charge in [0.05, 0.1) is 10.7 Å².